The third-order valence-electron chi connectivity index (χ3n) is 6.44. The predicted molar refractivity (Wildman–Crippen MR) is 147 cm³/mol. The van der Waals surface area contributed by atoms with Gasteiger partial charge in [-0.05, 0) is 56.2 Å². The summed E-state index contributed by atoms with van der Waals surface area (Å²) in [4.78, 5) is 32.7. The van der Waals surface area contributed by atoms with Crippen molar-refractivity contribution in [3.8, 4) is 17.3 Å². The van der Waals surface area contributed by atoms with Crippen LogP contribution in [0.1, 0.15) is 66.1 Å². The van der Waals surface area contributed by atoms with Crippen molar-refractivity contribution in [3.05, 3.63) is 69.9 Å². The van der Waals surface area contributed by atoms with Gasteiger partial charge in [0, 0.05) is 47.7 Å². The standard InChI is InChI=1S/C28H28ClFN6O2/c1-16(37)18-9-11-21(29)26(30)19(18)10-12-25(38)34-22-6-4-3-5-13-33-23-14-17(32-2)7-8-20(23)27-24(15-31)35-28(22)36-27/h7-12,14,22,32-33H,3-6,13H2,1-2H3,(H,34,38)(H,35,36)/b12-10+/t22-/m0/s1. The summed E-state index contributed by atoms with van der Waals surface area (Å²) in [7, 11) is 1.84. The summed E-state index contributed by atoms with van der Waals surface area (Å²) in [5.74, 6) is -1.14. The van der Waals surface area contributed by atoms with E-state index in [1.54, 1.807) is 0 Å². The quantitative estimate of drug-likeness (QED) is 0.241. The number of nitrogens with one attached hydrogen (secondary N) is 4. The van der Waals surface area contributed by atoms with Crippen LogP contribution < -0.4 is 16.0 Å². The highest BCUT2D eigenvalue weighted by atomic mass is 35.5. The van der Waals surface area contributed by atoms with Crippen LogP contribution in [0.25, 0.3) is 17.3 Å². The van der Waals surface area contributed by atoms with Gasteiger partial charge < -0.3 is 20.9 Å². The lowest BCUT2D eigenvalue weighted by molar-refractivity contribution is -0.117. The molecule has 196 valence electrons. The molecule has 1 aliphatic rings. The number of nitrogens with zero attached hydrogens (tertiary/aromatic N) is 2. The van der Waals surface area contributed by atoms with E-state index >= 15 is 0 Å². The van der Waals surface area contributed by atoms with Crippen LogP contribution >= 0.6 is 11.6 Å². The van der Waals surface area contributed by atoms with Gasteiger partial charge in [0.2, 0.25) is 5.91 Å². The van der Waals surface area contributed by atoms with Gasteiger partial charge in [-0.3, -0.25) is 9.59 Å². The summed E-state index contributed by atoms with van der Waals surface area (Å²) in [6.07, 6.45) is 5.67. The number of halogens is 2. The molecule has 2 heterocycles. The van der Waals surface area contributed by atoms with Gasteiger partial charge in [0.15, 0.2) is 5.78 Å². The number of anilines is 2. The lowest BCUT2D eigenvalue weighted by Crippen LogP contribution is -2.28. The van der Waals surface area contributed by atoms with Gasteiger partial charge in [-0.2, -0.15) is 5.26 Å². The smallest absolute Gasteiger partial charge is 0.244 e. The minimum atomic E-state index is -0.766. The molecule has 2 bridgehead atoms. The molecule has 1 aromatic heterocycles. The molecular formula is C28H28ClFN6O2. The molecule has 1 aliphatic heterocycles. The Kier molecular flexibility index (Phi) is 8.44. The van der Waals surface area contributed by atoms with E-state index < -0.39 is 17.8 Å². The first-order chi connectivity index (χ1) is 18.3. The number of hydrogen-bond donors (Lipinski definition) is 4. The minimum Gasteiger partial charge on any atom is -0.388 e. The second-order valence-corrected chi connectivity index (χ2v) is 9.42. The molecule has 3 aromatic rings. The van der Waals surface area contributed by atoms with Crippen molar-refractivity contribution >= 4 is 40.7 Å². The van der Waals surface area contributed by atoms with Crippen molar-refractivity contribution in [1.82, 2.24) is 15.3 Å². The maximum absolute atomic E-state index is 14.6. The van der Waals surface area contributed by atoms with Crippen molar-refractivity contribution in [3.63, 3.8) is 0 Å². The number of ketones is 1. The van der Waals surface area contributed by atoms with Crippen LogP contribution in [0, 0.1) is 17.1 Å². The number of carbonyl (C=O) groups excluding carboxylic acids is 2. The van der Waals surface area contributed by atoms with Crippen LogP contribution in [0.4, 0.5) is 15.8 Å². The van der Waals surface area contributed by atoms with Crippen molar-refractivity contribution in [1.29, 1.82) is 5.26 Å². The normalized spacial score (nSPS) is 15.4. The number of aromatic nitrogens is 2. The van der Waals surface area contributed by atoms with E-state index in [4.69, 9.17) is 16.6 Å². The van der Waals surface area contributed by atoms with Crippen molar-refractivity contribution in [2.75, 3.05) is 24.2 Å². The summed E-state index contributed by atoms with van der Waals surface area (Å²) in [5, 5.41) is 19.2. The molecule has 0 saturated carbocycles. The van der Waals surface area contributed by atoms with Crippen molar-refractivity contribution in [2.24, 2.45) is 0 Å². The SMILES string of the molecule is CNc1ccc2c(c1)NCCCCC[C@H](NC(=O)/C=C/c1c(C(C)=O)ccc(Cl)c1F)c1nc-2c(C#N)[nH]1. The summed E-state index contributed by atoms with van der Waals surface area (Å²) in [6, 6.07) is 10.2. The number of benzene rings is 2. The monoisotopic (exact) mass is 534 g/mol. The van der Waals surface area contributed by atoms with Gasteiger partial charge in [-0.15, -0.1) is 0 Å². The van der Waals surface area contributed by atoms with Crippen LogP contribution in [0.2, 0.25) is 5.02 Å². The zero-order valence-electron chi connectivity index (χ0n) is 21.1. The average molecular weight is 535 g/mol. The van der Waals surface area contributed by atoms with Gasteiger partial charge in [0.05, 0.1) is 11.1 Å². The summed E-state index contributed by atoms with van der Waals surface area (Å²) < 4.78 is 14.6. The Labute approximate surface area is 225 Å². The molecule has 1 atom stereocenters. The van der Waals surface area contributed by atoms with Gasteiger partial charge in [-0.1, -0.05) is 24.4 Å². The molecular weight excluding hydrogens is 507 g/mol. The topological polar surface area (TPSA) is 123 Å². The average Bonchev–Trinajstić information content (AvgIpc) is 3.34. The zero-order chi connectivity index (χ0) is 27.2. The molecule has 38 heavy (non-hydrogen) atoms. The largest absolute Gasteiger partial charge is 0.388 e. The van der Waals surface area contributed by atoms with E-state index in [-0.39, 0.29) is 21.9 Å². The fourth-order valence-electron chi connectivity index (χ4n) is 4.45. The number of Topliss-reactive ketones (excluding diaryl/α,β-unsaturated/α-hetero) is 1. The molecule has 0 unspecified atom stereocenters. The highest BCUT2D eigenvalue weighted by Gasteiger charge is 2.23. The molecule has 10 heteroatoms. The molecule has 0 saturated heterocycles. The first-order valence-corrected chi connectivity index (χ1v) is 12.7. The number of rotatable bonds is 5. The van der Waals surface area contributed by atoms with Gasteiger partial charge in [-0.25, -0.2) is 9.37 Å². The molecule has 0 spiro atoms. The Morgan fingerprint density at radius 2 is 2.05 bits per heavy atom. The van der Waals surface area contributed by atoms with Crippen LogP contribution in [0.15, 0.2) is 36.4 Å². The van der Waals surface area contributed by atoms with Crippen LogP contribution in [0.5, 0.6) is 0 Å². The second kappa shape index (κ2) is 11.9. The van der Waals surface area contributed by atoms with Gasteiger partial charge >= 0.3 is 0 Å². The molecule has 0 aliphatic carbocycles. The van der Waals surface area contributed by atoms with Crippen molar-refractivity contribution < 1.29 is 14.0 Å². The number of aromatic amines is 1. The number of imidazole rings is 1. The maximum Gasteiger partial charge on any atom is 0.244 e. The summed E-state index contributed by atoms with van der Waals surface area (Å²) in [5.41, 5.74) is 3.44. The fraction of sp³-hybridized carbons (Fsp3) is 0.286. The van der Waals surface area contributed by atoms with Gasteiger partial charge in [0.1, 0.15) is 29.1 Å². The number of carbonyl (C=O) groups is 2. The Morgan fingerprint density at radius 3 is 2.79 bits per heavy atom. The van der Waals surface area contributed by atoms with E-state index in [1.807, 2.05) is 25.2 Å². The van der Waals surface area contributed by atoms with Gasteiger partial charge in [0.25, 0.3) is 0 Å². The van der Waals surface area contributed by atoms with E-state index in [0.717, 1.165) is 42.7 Å². The summed E-state index contributed by atoms with van der Waals surface area (Å²) in [6.45, 7) is 2.07. The maximum atomic E-state index is 14.6. The molecule has 4 N–H and O–H groups in total. The molecule has 2 aromatic carbocycles. The number of hydrogen-bond acceptors (Lipinski definition) is 6. The Balaban J connectivity index is 1.66. The number of fused-ring (bicyclic) bond motifs is 4. The molecule has 0 radical (unpaired) electrons. The lowest BCUT2D eigenvalue weighted by atomic mass is 10.0. The van der Waals surface area contributed by atoms with Crippen LogP contribution in [-0.2, 0) is 4.79 Å². The minimum absolute atomic E-state index is 0.0454. The third kappa shape index (κ3) is 5.87. The highest BCUT2D eigenvalue weighted by molar-refractivity contribution is 6.31. The second-order valence-electron chi connectivity index (χ2n) is 9.02. The predicted octanol–water partition coefficient (Wildman–Crippen LogP) is 5.84. The Bertz CT molecular complexity index is 1440. The van der Waals surface area contributed by atoms with Crippen molar-refractivity contribution in [2.45, 2.75) is 38.6 Å². The highest BCUT2D eigenvalue weighted by Crippen LogP contribution is 2.34. The van der Waals surface area contributed by atoms with E-state index in [1.165, 1.54) is 31.2 Å². The molecule has 8 nitrogen and oxygen atoms in total. The lowest BCUT2D eigenvalue weighted by Gasteiger charge is -2.17. The number of amides is 1. The first kappa shape index (κ1) is 26.9. The Hall–Kier alpha value is -4.16. The van der Waals surface area contributed by atoms with E-state index in [2.05, 4.69) is 27.0 Å². The molecule has 1 amide bonds. The van der Waals surface area contributed by atoms with Crippen LogP contribution in [-0.4, -0.2) is 35.3 Å². The summed E-state index contributed by atoms with van der Waals surface area (Å²) >= 11 is 5.89. The Morgan fingerprint density at radius 1 is 1.24 bits per heavy atom. The van der Waals surface area contributed by atoms with E-state index in [0.29, 0.717) is 23.6 Å². The fourth-order valence-corrected chi connectivity index (χ4v) is 4.62. The first-order valence-electron chi connectivity index (χ1n) is 12.4. The van der Waals surface area contributed by atoms with E-state index in [9.17, 15) is 19.2 Å². The molecule has 4 rings (SSSR count). The molecule has 0 fully saturated rings. The number of H-pyrrole nitrogens is 1. The third-order valence-corrected chi connectivity index (χ3v) is 6.73. The number of nitriles is 1. The zero-order valence-corrected chi connectivity index (χ0v) is 21.9. The van der Waals surface area contributed by atoms with Crippen LogP contribution in [0.3, 0.4) is 0 Å².